The van der Waals surface area contributed by atoms with Crippen molar-refractivity contribution < 1.29 is 14.7 Å². The van der Waals surface area contributed by atoms with E-state index in [0.29, 0.717) is 29.7 Å². The van der Waals surface area contributed by atoms with E-state index in [4.69, 9.17) is 10.7 Å². The molecule has 2 saturated carbocycles. The van der Waals surface area contributed by atoms with E-state index in [1.54, 1.807) is 6.20 Å². The van der Waals surface area contributed by atoms with Gasteiger partial charge in [0.15, 0.2) is 11.5 Å². The van der Waals surface area contributed by atoms with Crippen LogP contribution < -0.4 is 11.1 Å². The monoisotopic (exact) mass is 474 g/mol. The fourth-order valence-electron chi connectivity index (χ4n) is 5.38. The minimum absolute atomic E-state index is 0.0973. The second-order valence-electron chi connectivity index (χ2n) is 10.3. The minimum atomic E-state index is -0.381. The van der Waals surface area contributed by atoms with Gasteiger partial charge in [-0.15, -0.1) is 5.10 Å². The molecule has 9 heteroatoms. The van der Waals surface area contributed by atoms with Gasteiger partial charge in [-0.2, -0.15) is 0 Å². The molecule has 2 aliphatic carbocycles. The van der Waals surface area contributed by atoms with Gasteiger partial charge in [-0.3, -0.25) is 9.59 Å². The number of aryl methyl sites for hydroxylation is 1. The Hall–Kier alpha value is -3.46. The van der Waals surface area contributed by atoms with Crippen LogP contribution in [0.3, 0.4) is 0 Å². The SMILES string of the molecule is Cc1cc(-c2ccn3nc(N)c(C(=O)N[C@@H](CO)C4CC4)c3n2)cc2c1C(=O)N([C@@H](C)C1CC1)C2. The van der Waals surface area contributed by atoms with Crippen LogP contribution in [-0.4, -0.2) is 55.1 Å². The Labute approximate surface area is 203 Å². The van der Waals surface area contributed by atoms with Gasteiger partial charge in [0.2, 0.25) is 0 Å². The number of rotatable bonds is 7. The first-order valence-corrected chi connectivity index (χ1v) is 12.4. The molecule has 1 aliphatic heterocycles. The fourth-order valence-corrected chi connectivity index (χ4v) is 5.38. The highest BCUT2D eigenvalue weighted by Gasteiger charge is 2.39. The number of nitrogen functional groups attached to an aromatic ring is 1. The molecule has 3 heterocycles. The fraction of sp³-hybridized carbons (Fsp3) is 0.462. The Morgan fingerprint density at radius 2 is 2.00 bits per heavy atom. The van der Waals surface area contributed by atoms with E-state index >= 15 is 0 Å². The molecule has 6 rings (SSSR count). The van der Waals surface area contributed by atoms with Crippen molar-refractivity contribution in [3.05, 3.63) is 46.6 Å². The number of carbonyl (C=O) groups is 2. The summed E-state index contributed by atoms with van der Waals surface area (Å²) in [5.74, 6) is 0.742. The molecule has 0 unspecified atom stereocenters. The largest absolute Gasteiger partial charge is 0.394 e. The van der Waals surface area contributed by atoms with Gasteiger partial charge < -0.3 is 21.1 Å². The molecule has 0 bridgehead atoms. The van der Waals surface area contributed by atoms with Gasteiger partial charge in [0.1, 0.15) is 5.56 Å². The summed E-state index contributed by atoms with van der Waals surface area (Å²) >= 11 is 0. The Balaban J connectivity index is 1.34. The second-order valence-corrected chi connectivity index (χ2v) is 10.3. The number of hydrogen-bond acceptors (Lipinski definition) is 6. The summed E-state index contributed by atoms with van der Waals surface area (Å²) < 4.78 is 1.50. The third-order valence-corrected chi connectivity index (χ3v) is 7.77. The van der Waals surface area contributed by atoms with Crippen molar-refractivity contribution in [2.45, 2.75) is 58.2 Å². The molecule has 3 aliphatic rings. The normalized spacial score (nSPS) is 19.2. The van der Waals surface area contributed by atoms with Crippen LogP contribution in [0.2, 0.25) is 0 Å². The number of amides is 2. The summed E-state index contributed by atoms with van der Waals surface area (Å²) in [6, 6.07) is 5.81. The molecule has 2 fully saturated rings. The molecule has 4 N–H and O–H groups in total. The predicted molar refractivity (Wildman–Crippen MR) is 131 cm³/mol. The number of anilines is 1. The van der Waals surface area contributed by atoms with E-state index in [2.05, 4.69) is 17.3 Å². The Kier molecular flexibility index (Phi) is 5.07. The van der Waals surface area contributed by atoms with Gasteiger partial charge in [0.05, 0.1) is 18.3 Å². The summed E-state index contributed by atoms with van der Waals surface area (Å²) in [6.07, 6.45) is 6.12. The molecular formula is C26H30N6O3. The molecule has 0 radical (unpaired) electrons. The molecule has 0 saturated heterocycles. The molecule has 2 amide bonds. The van der Waals surface area contributed by atoms with E-state index in [0.717, 1.165) is 35.1 Å². The van der Waals surface area contributed by atoms with Crippen LogP contribution in [0, 0.1) is 18.8 Å². The van der Waals surface area contributed by atoms with Crippen LogP contribution >= 0.6 is 0 Å². The van der Waals surface area contributed by atoms with Crippen LogP contribution in [-0.2, 0) is 6.54 Å². The summed E-state index contributed by atoms with van der Waals surface area (Å²) in [4.78, 5) is 32.9. The van der Waals surface area contributed by atoms with Crippen molar-refractivity contribution in [2.24, 2.45) is 11.8 Å². The van der Waals surface area contributed by atoms with Crippen molar-refractivity contribution in [3.8, 4) is 11.3 Å². The number of nitrogens with one attached hydrogen (secondary N) is 1. The van der Waals surface area contributed by atoms with Crippen molar-refractivity contribution in [1.29, 1.82) is 0 Å². The maximum atomic E-state index is 13.1. The summed E-state index contributed by atoms with van der Waals surface area (Å²) in [7, 11) is 0. The Morgan fingerprint density at radius 1 is 1.26 bits per heavy atom. The maximum Gasteiger partial charge on any atom is 0.259 e. The van der Waals surface area contributed by atoms with Crippen molar-refractivity contribution in [1.82, 2.24) is 24.8 Å². The highest BCUT2D eigenvalue weighted by Crippen LogP contribution is 2.40. The zero-order chi connectivity index (χ0) is 24.4. The average Bonchev–Trinajstić information content (AvgIpc) is 3.76. The number of benzene rings is 1. The number of nitrogens with zero attached hydrogens (tertiary/aromatic N) is 4. The molecule has 2 aromatic heterocycles. The number of aliphatic hydroxyl groups is 1. The molecular weight excluding hydrogens is 444 g/mol. The molecule has 182 valence electrons. The van der Waals surface area contributed by atoms with E-state index < -0.39 is 0 Å². The van der Waals surface area contributed by atoms with Gasteiger partial charge in [0, 0.05) is 29.9 Å². The standard InChI is InChI=1S/C26H30N6O3/c1-13-9-17(10-18-11-31(26(35)21(13)18)14(2)15-3-4-15)19-7-8-32-24(28-19)22(23(27)30-32)25(34)29-20(12-33)16-5-6-16/h7-10,14-16,20,33H,3-6,11-12H2,1-2H3,(H2,27,30)(H,29,34)/t14-,20-/m0/s1. The minimum Gasteiger partial charge on any atom is -0.394 e. The van der Waals surface area contributed by atoms with E-state index in [1.807, 2.05) is 30.0 Å². The van der Waals surface area contributed by atoms with E-state index in [9.17, 15) is 14.7 Å². The maximum absolute atomic E-state index is 13.1. The molecule has 35 heavy (non-hydrogen) atoms. The molecule has 9 nitrogen and oxygen atoms in total. The Morgan fingerprint density at radius 3 is 2.69 bits per heavy atom. The number of nitrogens with two attached hydrogens (primary N) is 1. The quantitative estimate of drug-likeness (QED) is 0.483. The lowest BCUT2D eigenvalue weighted by Gasteiger charge is -2.24. The number of carbonyl (C=O) groups excluding carboxylic acids is 2. The van der Waals surface area contributed by atoms with E-state index in [-0.39, 0.29) is 41.9 Å². The molecule has 1 aromatic carbocycles. The smallest absolute Gasteiger partial charge is 0.259 e. The summed E-state index contributed by atoms with van der Waals surface area (Å²) in [5.41, 5.74) is 11.0. The lowest BCUT2D eigenvalue weighted by molar-refractivity contribution is 0.0696. The first-order valence-electron chi connectivity index (χ1n) is 12.4. The van der Waals surface area contributed by atoms with Crippen LogP contribution in [0.1, 0.15) is 64.4 Å². The average molecular weight is 475 g/mol. The van der Waals surface area contributed by atoms with E-state index in [1.165, 1.54) is 17.4 Å². The lowest BCUT2D eigenvalue weighted by atomic mass is 9.98. The number of hydrogen-bond donors (Lipinski definition) is 3. The van der Waals surface area contributed by atoms with Crippen molar-refractivity contribution >= 4 is 23.3 Å². The lowest BCUT2D eigenvalue weighted by Crippen LogP contribution is -2.39. The van der Waals surface area contributed by atoms with Crippen LogP contribution in [0.25, 0.3) is 16.9 Å². The third-order valence-electron chi connectivity index (χ3n) is 7.77. The van der Waals surface area contributed by atoms with Gasteiger partial charge in [-0.1, -0.05) is 0 Å². The highest BCUT2D eigenvalue weighted by molar-refractivity contribution is 6.04. The van der Waals surface area contributed by atoms with Crippen molar-refractivity contribution in [3.63, 3.8) is 0 Å². The van der Waals surface area contributed by atoms with Crippen LogP contribution in [0.4, 0.5) is 5.82 Å². The first-order chi connectivity index (χ1) is 16.9. The third kappa shape index (κ3) is 3.74. The second kappa shape index (κ2) is 8.05. The number of aliphatic hydroxyl groups excluding tert-OH is 1. The first kappa shape index (κ1) is 22.0. The predicted octanol–water partition coefficient (Wildman–Crippen LogP) is 2.54. The molecule has 0 spiro atoms. The van der Waals surface area contributed by atoms with Gasteiger partial charge in [0.25, 0.3) is 11.8 Å². The number of fused-ring (bicyclic) bond motifs is 2. The highest BCUT2D eigenvalue weighted by atomic mass is 16.3. The summed E-state index contributed by atoms with van der Waals surface area (Å²) in [5, 5.41) is 16.8. The number of aromatic nitrogens is 3. The summed E-state index contributed by atoms with van der Waals surface area (Å²) in [6.45, 7) is 4.61. The van der Waals surface area contributed by atoms with Gasteiger partial charge in [-0.25, -0.2) is 9.50 Å². The van der Waals surface area contributed by atoms with Crippen LogP contribution in [0.15, 0.2) is 24.4 Å². The zero-order valence-corrected chi connectivity index (χ0v) is 20.0. The van der Waals surface area contributed by atoms with Crippen molar-refractivity contribution in [2.75, 3.05) is 12.3 Å². The van der Waals surface area contributed by atoms with Gasteiger partial charge in [-0.05, 0) is 80.7 Å². The Bertz CT molecular complexity index is 1360. The zero-order valence-electron chi connectivity index (χ0n) is 20.0. The topological polar surface area (TPSA) is 126 Å². The van der Waals surface area contributed by atoms with Gasteiger partial charge >= 0.3 is 0 Å². The molecule has 2 atom stereocenters. The molecule has 3 aromatic rings. The van der Waals surface area contributed by atoms with Crippen LogP contribution in [0.5, 0.6) is 0 Å².